The summed E-state index contributed by atoms with van der Waals surface area (Å²) in [6, 6.07) is 1.49. The van der Waals surface area contributed by atoms with Gasteiger partial charge in [0.05, 0.1) is 12.3 Å². The third-order valence-electron chi connectivity index (χ3n) is 1.55. The number of rotatable bonds is 4. The molecule has 6 nitrogen and oxygen atoms in total. The largest absolute Gasteiger partial charge is 0.465 e. The highest BCUT2D eigenvalue weighted by atomic mass is 16.5. The number of aryl methyl sites for hydroxylation is 1. The Morgan fingerprint density at radius 1 is 1.60 bits per heavy atom. The van der Waals surface area contributed by atoms with Gasteiger partial charge in [0.2, 0.25) is 5.76 Å². The van der Waals surface area contributed by atoms with Crippen molar-refractivity contribution >= 4 is 11.9 Å². The summed E-state index contributed by atoms with van der Waals surface area (Å²) in [4.78, 5) is 22.2. The minimum Gasteiger partial charge on any atom is -0.465 e. The van der Waals surface area contributed by atoms with Crippen molar-refractivity contribution < 1.29 is 18.8 Å². The van der Waals surface area contributed by atoms with Crippen LogP contribution in [0.25, 0.3) is 0 Å². The van der Waals surface area contributed by atoms with E-state index in [4.69, 9.17) is 4.52 Å². The monoisotopic (exact) mass is 212 g/mol. The normalized spacial score (nSPS) is 9.73. The summed E-state index contributed by atoms with van der Waals surface area (Å²) in [5.41, 5.74) is 0.608. The van der Waals surface area contributed by atoms with E-state index in [-0.39, 0.29) is 18.9 Å². The van der Waals surface area contributed by atoms with E-state index in [1.165, 1.54) is 6.07 Å². The number of amides is 1. The molecule has 0 aliphatic rings. The Morgan fingerprint density at radius 3 is 2.87 bits per heavy atom. The van der Waals surface area contributed by atoms with Gasteiger partial charge in [-0.15, -0.1) is 0 Å². The highest BCUT2D eigenvalue weighted by Crippen LogP contribution is 2.00. The van der Waals surface area contributed by atoms with Crippen molar-refractivity contribution in [1.82, 2.24) is 10.5 Å². The van der Waals surface area contributed by atoms with Crippen LogP contribution in [0.3, 0.4) is 0 Å². The Hall–Kier alpha value is -1.85. The summed E-state index contributed by atoms with van der Waals surface area (Å²) < 4.78 is 9.34. The lowest BCUT2D eigenvalue weighted by Crippen LogP contribution is -2.30. The Kier molecular flexibility index (Phi) is 3.84. The molecule has 1 rings (SSSR count). The topological polar surface area (TPSA) is 81.4 Å². The molecule has 0 unspecified atom stereocenters. The first-order valence-electron chi connectivity index (χ1n) is 4.50. The second kappa shape index (κ2) is 5.14. The van der Waals surface area contributed by atoms with Gasteiger partial charge in [-0.05, 0) is 13.8 Å². The lowest BCUT2D eigenvalue weighted by atomic mass is 10.3. The fourth-order valence-electron chi connectivity index (χ4n) is 0.922. The predicted molar refractivity (Wildman–Crippen MR) is 50.2 cm³/mol. The highest BCUT2D eigenvalue weighted by Gasteiger charge is 2.12. The van der Waals surface area contributed by atoms with E-state index in [1.54, 1.807) is 13.8 Å². The third kappa shape index (κ3) is 3.41. The molecule has 0 atom stereocenters. The van der Waals surface area contributed by atoms with Crippen molar-refractivity contribution in [2.45, 2.75) is 13.8 Å². The fourth-order valence-corrected chi connectivity index (χ4v) is 0.922. The molecule has 1 aromatic rings. The van der Waals surface area contributed by atoms with Crippen LogP contribution in [0, 0.1) is 6.92 Å². The van der Waals surface area contributed by atoms with Crippen LogP contribution in [0.2, 0.25) is 0 Å². The molecular formula is C9H12N2O4. The van der Waals surface area contributed by atoms with Gasteiger partial charge in [0.25, 0.3) is 5.91 Å². The lowest BCUT2D eigenvalue weighted by molar-refractivity contribution is -0.141. The molecular weight excluding hydrogens is 200 g/mol. The molecule has 15 heavy (non-hydrogen) atoms. The van der Waals surface area contributed by atoms with Crippen LogP contribution in [0.4, 0.5) is 0 Å². The van der Waals surface area contributed by atoms with Crippen LogP contribution in [-0.4, -0.2) is 30.2 Å². The second-order valence-electron chi connectivity index (χ2n) is 2.82. The standard InChI is InChI=1S/C9H12N2O4/c1-3-14-8(12)5-10-9(13)7-4-6(2)11-15-7/h4H,3,5H2,1-2H3,(H,10,13). The fraction of sp³-hybridized carbons (Fsp3) is 0.444. The van der Waals surface area contributed by atoms with Crippen LogP contribution in [0.1, 0.15) is 23.2 Å². The number of esters is 1. The molecule has 0 spiro atoms. The van der Waals surface area contributed by atoms with E-state index in [0.717, 1.165) is 0 Å². The Balaban J connectivity index is 2.40. The molecule has 1 N–H and O–H groups in total. The molecule has 0 aliphatic carbocycles. The molecule has 0 radical (unpaired) electrons. The average Bonchev–Trinajstić information content (AvgIpc) is 2.62. The van der Waals surface area contributed by atoms with E-state index < -0.39 is 11.9 Å². The van der Waals surface area contributed by atoms with Gasteiger partial charge in [-0.3, -0.25) is 9.59 Å². The van der Waals surface area contributed by atoms with Crippen LogP contribution in [0.15, 0.2) is 10.6 Å². The van der Waals surface area contributed by atoms with Gasteiger partial charge < -0.3 is 14.6 Å². The van der Waals surface area contributed by atoms with Crippen molar-refractivity contribution in [2.24, 2.45) is 0 Å². The first kappa shape index (κ1) is 11.2. The smallest absolute Gasteiger partial charge is 0.325 e. The molecule has 0 saturated carbocycles. The minimum absolute atomic E-state index is 0.0804. The third-order valence-corrected chi connectivity index (χ3v) is 1.55. The number of ether oxygens (including phenoxy) is 1. The van der Waals surface area contributed by atoms with Gasteiger partial charge in [-0.25, -0.2) is 0 Å². The zero-order valence-electron chi connectivity index (χ0n) is 8.57. The Bertz CT molecular complexity index is 359. The van der Waals surface area contributed by atoms with Gasteiger partial charge in [-0.2, -0.15) is 0 Å². The Labute approximate surface area is 86.6 Å². The summed E-state index contributed by atoms with van der Waals surface area (Å²) >= 11 is 0. The molecule has 6 heteroatoms. The summed E-state index contributed by atoms with van der Waals surface area (Å²) in [5.74, 6) is -0.887. The quantitative estimate of drug-likeness (QED) is 0.725. The Morgan fingerprint density at radius 2 is 2.33 bits per heavy atom. The highest BCUT2D eigenvalue weighted by molar-refractivity contribution is 5.93. The molecule has 0 aliphatic heterocycles. The van der Waals surface area contributed by atoms with Crippen LogP contribution >= 0.6 is 0 Å². The molecule has 1 amide bonds. The average molecular weight is 212 g/mol. The van der Waals surface area contributed by atoms with Crippen molar-refractivity contribution in [1.29, 1.82) is 0 Å². The van der Waals surface area contributed by atoms with E-state index in [0.29, 0.717) is 5.69 Å². The summed E-state index contributed by atoms with van der Waals surface area (Å²) in [7, 11) is 0. The maximum absolute atomic E-state index is 11.3. The summed E-state index contributed by atoms with van der Waals surface area (Å²) in [5, 5.41) is 5.90. The molecule has 0 saturated heterocycles. The molecule has 1 aromatic heterocycles. The van der Waals surface area contributed by atoms with Gasteiger partial charge in [-0.1, -0.05) is 5.16 Å². The summed E-state index contributed by atoms with van der Waals surface area (Å²) in [6.07, 6.45) is 0. The molecule has 1 heterocycles. The van der Waals surface area contributed by atoms with Crippen LogP contribution < -0.4 is 5.32 Å². The van der Waals surface area contributed by atoms with Gasteiger partial charge in [0.1, 0.15) is 6.54 Å². The van der Waals surface area contributed by atoms with E-state index in [9.17, 15) is 9.59 Å². The number of nitrogens with one attached hydrogen (secondary N) is 1. The van der Waals surface area contributed by atoms with Crippen molar-refractivity contribution in [3.05, 3.63) is 17.5 Å². The van der Waals surface area contributed by atoms with E-state index in [2.05, 4.69) is 15.2 Å². The van der Waals surface area contributed by atoms with Crippen molar-refractivity contribution in [2.75, 3.05) is 13.2 Å². The number of aromatic nitrogens is 1. The van der Waals surface area contributed by atoms with Crippen LogP contribution in [0.5, 0.6) is 0 Å². The maximum atomic E-state index is 11.3. The number of nitrogens with zero attached hydrogens (tertiary/aromatic N) is 1. The zero-order valence-corrected chi connectivity index (χ0v) is 8.57. The van der Waals surface area contributed by atoms with Crippen molar-refractivity contribution in [3.63, 3.8) is 0 Å². The van der Waals surface area contributed by atoms with Crippen LogP contribution in [-0.2, 0) is 9.53 Å². The molecule has 0 aromatic carbocycles. The molecule has 82 valence electrons. The molecule has 0 bridgehead atoms. The summed E-state index contributed by atoms with van der Waals surface area (Å²) in [6.45, 7) is 3.51. The van der Waals surface area contributed by atoms with Gasteiger partial charge in [0.15, 0.2) is 0 Å². The molecule has 0 fully saturated rings. The number of hydrogen-bond donors (Lipinski definition) is 1. The second-order valence-corrected chi connectivity index (χ2v) is 2.82. The predicted octanol–water partition coefficient (Wildman–Crippen LogP) is 0.276. The maximum Gasteiger partial charge on any atom is 0.325 e. The van der Waals surface area contributed by atoms with Gasteiger partial charge >= 0.3 is 5.97 Å². The van der Waals surface area contributed by atoms with E-state index >= 15 is 0 Å². The first-order valence-corrected chi connectivity index (χ1v) is 4.50. The zero-order chi connectivity index (χ0) is 11.3. The lowest BCUT2D eigenvalue weighted by Gasteiger charge is -2.01. The minimum atomic E-state index is -0.484. The number of carbonyl (C=O) groups is 2. The first-order chi connectivity index (χ1) is 7.13. The van der Waals surface area contributed by atoms with Crippen molar-refractivity contribution in [3.8, 4) is 0 Å². The van der Waals surface area contributed by atoms with Gasteiger partial charge in [0, 0.05) is 6.07 Å². The SMILES string of the molecule is CCOC(=O)CNC(=O)c1cc(C)no1. The number of hydrogen-bond acceptors (Lipinski definition) is 5. The number of carbonyl (C=O) groups excluding carboxylic acids is 2. The van der Waals surface area contributed by atoms with E-state index in [1.807, 2.05) is 0 Å².